The molecule has 2 heteroatoms. The van der Waals surface area contributed by atoms with Crippen molar-refractivity contribution in [1.82, 2.24) is 10.2 Å². The van der Waals surface area contributed by atoms with Crippen molar-refractivity contribution < 1.29 is 0 Å². The molecule has 1 N–H and O–H groups in total. The molecule has 3 aliphatic rings. The molecule has 2 saturated carbocycles. The van der Waals surface area contributed by atoms with Gasteiger partial charge in [0.25, 0.3) is 0 Å². The van der Waals surface area contributed by atoms with Crippen molar-refractivity contribution in [2.75, 3.05) is 19.6 Å². The Kier molecular flexibility index (Phi) is 4.48. The van der Waals surface area contributed by atoms with E-state index in [1.807, 2.05) is 0 Å². The minimum absolute atomic E-state index is 0.770. The quantitative estimate of drug-likeness (QED) is 0.759. The van der Waals surface area contributed by atoms with E-state index < -0.39 is 0 Å². The SMILES string of the molecule is CCC1CC(NCC2CC2)CN(C(CC)C2CC2)C1. The first-order valence-electron chi connectivity index (χ1n) is 8.77. The van der Waals surface area contributed by atoms with Crippen LogP contribution in [0.25, 0.3) is 0 Å². The molecule has 110 valence electrons. The highest BCUT2D eigenvalue weighted by Crippen LogP contribution is 2.38. The summed E-state index contributed by atoms with van der Waals surface area (Å²) in [5.74, 6) is 2.98. The number of nitrogens with zero attached hydrogens (tertiary/aromatic N) is 1. The van der Waals surface area contributed by atoms with Gasteiger partial charge in [-0.15, -0.1) is 0 Å². The molecule has 3 unspecified atom stereocenters. The van der Waals surface area contributed by atoms with Crippen molar-refractivity contribution in [1.29, 1.82) is 0 Å². The van der Waals surface area contributed by atoms with Crippen LogP contribution in [0.5, 0.6) is 0 Å². The third-order valence-corrected chi connectivity index (χ3v) is 5.59. The Balaban J connectivity index is 1.55. The van der Waals surface area contributed by atoms with E-state index in [4.69, 9.17) is 0 Å². The highest BCUT2D eigenvalue weighted by atomic mass is 15.2. The van der Waals surface area contributed by atoms with Crippen LogP contribution in [0, 0.1) is 17.8 Å². The van der Waals surface area contributed by atoms with Crippen molar-refractivity contribution in [3.05, 3.63) is 0 Å². The maximum atomic E-state index is 3.87. The van der Waals surface area contributed by atoms with E-state index >= 15 is 0 Å². The number of piperidine rings is 1. The zero-order valence-corrected chi connectivity index (χ0v) is 12.9. The Morgan fingerprint density at radius 1 is 1.05 bits per heavy atom. The molecule has 2 aliphatic carbocycles. The minimum Gasteiger partial charge on any atom is -0.312 e. The monoisotopic (exact) mass is 264 g/mol. The first kappa shape index (κ1) is 13.9. The number of hydrogen-bond donors (Lipinski definition) is 1. The molecule has 0 aromatic carbocycles. The van der Waals surface area contributed by atoms with E-state index in [-0.39, 0.29) is 0 Å². The summed E-state index contributed by atoms with van der Waals surface area (Å²) >= 11 is 0. The van der Waals surface area contributed by atoms with Crippen LogP contribution in [0.2, 0.25) is 0 Å². The van der Waals surface area contributed by atoms with E-state index in [0.29, 0.717) is 0 Å². The second-order valence-corrected chi connectivity index (χ2v) is 7.33. The van der Waals surface area contributed by atoms with Gasteiger partial charge in [-0.05, 0) is 62.8 Å². The van der Waals surface area contributed by atoms with Crippen molar-refractivity contribution in [2.24, 2.45) is 17.8 Å². The predicted octanol–water partition coefficient (Wildman–Crippen LogP) is 3.28. The molecule has 0 spiro atoms. The fraction of sp³-hybridized carbons (Fsp3) is 1.00. The third kappa shape index (κ3) is 3.72. The number of nitrogens with one attached hydrogen (secondary N) is 1. The molecule has 3 fully saturated rings. The Morgan fingerprint density at radius 3 is 2.42 bits per heavy atom. The number of rotatable bonds is 7. The second kappa shape index (κ2) is 6.13. The highest BCUT2D eigenvalue weighted by Gasteiger charge is 2.38. The van der Waals surface area contributed by atoms with Gasteiger partial charge in [0.1, 0.15) is 0 Å². The fourth-order valence-electron chi connectivity index (χ4n) is 3.98. The van der Waals surface area contributed by atoms with E-state index in [1.165, 1.54) is 64.6 Å². The maximum Gasteiger partial charge on any atom is 0.0198 e. The largest absolute Gasteiger partial charge is 0.312 e. The molecule has 0 radical (unpaired) electrons. The van der Waals surface area contributed by atoms with Gasteiger partial charge in [0, 0.05) is 25.2 Å². The van der Waals surface area contributed by atoms with Crippen LogP contribution in [0.4, 0.5) is 0 Å². The van der Waals surface area contributed by atoms with Crippen molar-refractivity contribution >= 4 is 0 Å². The zero-order valence-electron chi connectivity index (χ0n) is 12.9. The molecule has 1 aliphatic heterocycles. The van der Waals surface area contributed by atoms with Crippen molar-refractivity contribution in [3.63, 3.8) is 0 Å². The summed E-state index contributed by atoms with van der Waals surface area (Å²) in [5.41, 5.74) is 0. The lowest BCUT2D eigenvalue weighted by molar-refractivity contribution is 0.0822. The number of likely N-dealkylation sites (tertiary alicyclic amines) is 1. The summed E-state index contributed by atoms with van der Waals surface area (Å²) in [6.45, 7) is 8.75. The summed E-state index contributed by atoms with van der Waals surface area (Å²) in [7, 11) is 0. The first-order valence-corrected chi connectivity index (χ1v) is 8.77. The lowest BCUT2D eigenvalue weighted by Crippen LogP contribution is -2.53. The first-order chi connectivity index (χ1) is 9.30. The summed E-state index contributed by atoms with van der Waals surface area (Å²) in [6, 6.07) is 1.66. The van der Waals surface area contributed by atoms with E-state index in [9.17, 15) is 0 Å². The Hall–Kier alpha value is -0.0800. The van der Waals surface area contributed by atoms with Crippen LogP contribution >= 0.6 is 0 Å². The standard InChI is InChI=1S/C17H32N2/c1-3-13-9-16(18-10-14-5-6-14)12-19(11-13)17(4-2)15-7-8-15/h13-18H,3-12H2,1-2H3. The van der Waals surface area contributed by atoms with Gasteiger partial charge in [0.05, 0.1) is 0 Å². The van der Waals surface area contributed by atoms with Gasteiger partial charge in [-0.2, -0.15) is 0 Å². The molecule has 3 rings (SSSR count). The smallest absolute Gasteiger partial charge is 0.0198 e. The Morgan fingerprint density at radius 2 is 1.84 bits per heavy atom. The molecule has 19 heavy (non-hydrogen) atoms. The van der Waals surface area contributed by atoms with Crippen LogP contribution in [0.1, 0.15) is 58.8 Å². The molecule has 0 bridgehead atoms. The van der Waals surface area contributed by atoms with Gasteiger partial charge in [-0.1, -0.05) is 20.3 Å². The molecule has 0 aromatic rings. The molecule has 0 amide bonds. The summed E-state index contributed by atoms with van der Waals surface area (Å²) < 4.78 is 0. The topological polar surface area (TPSA) is 15.3 Å². The van der Waals surface area contributed by atoms with Gasteiger partial charge in [0.15, 0.2) is 0 Å². The van der Waals surface area contributed by atoms with Crippen molar-refractivity contribution in [3.8, 4) is 0 Å². The van der Waals surface area contributed by atoms with Gasteiger partial charge in [-0.3, -0.25) is 4.90 Å². The van der Waals surface area contributed by atoms with Crippen molar-refractivity contribution in [2.45, 2.75) is 70.9 Å². The summed E-state index contributed by atoms with van der Waals surface area (Å²) in [6.07, 6.45) is 10.1. The summed E-state index contributed by atoms with van der Waals surface area (Å²) in [4.78, 5) is 2.85. The molecular weight excluding hydrogens is 232 g/mol. The van der Waals surface area contributed by atoms with Gasteiger partial charge >= 0.3 is 0 Å². The third-order valence-electron chi connectivity index (χ3n) is 5.59. The lowest BCUT2D eigenvalue weighted by atomic mass is 9.90. The summed E-state index contributed by atoms with van der Waals surface area (Å²) in [5, 5.41) is 3.87. The predicted molar refractivity (Wildman–Crippen MR) is 81.3 cm³/mol. The van der Waals surface area contributed by atoms with E-state index in [2.05, 4.69) is 24.1 Å². The second-order valence-electron chi connectivity index (χ2n) is 7.33. The van der Waals surface area contributed by atoms with Crippen LogP contribution in [-0.2, 0) is 0 Å². The zero-order chi connectivity index (χ0) is 13.2. The Bertz CT molecular complexity index is 283. The average molecular weight is 264 g/mol. The minimum atomic E-state index is 0.770. The van der Waals surface area contributed by atoms with Gasteiger partial charge < -0.3 is 5.32 Å². The molecular formula is C17H32N2. The highest BCUT2D eigenvalue weighted by molar-refractivity contribution is 4.93. The van der Waals surface area contributed by atoms with Crippen LogP contribution in [0.15, 0.2) is 0 Å². The Labute approximate surface area is 119 Å². The maximum absolute atomic E-state index is 3.87. The molecule has 0 aromatic heterocycles. The molecule has 1 saturated heterocycles. The average Bonchev–Trinajstić information content (AvgIpc) is 3.29. The van der Waals surface area contributed by atoms with Gasteiger partial charge in [0.2, 0.25) is 0 Å². The van der Waals surface area contributed by atoms with Crippen LogP contribution in [-0.4, -0.2) is 36.6 Å². The number of hydrogen-bond acceptors (Lipinski definition) is 2. The van der Waals surface area contributed by atoms with Crippen LogP contribution in [0.3, 0.4) is 0 Å². The lowest BCUT2D eigenvalue weighted by Gasteiger charge is -2.42. The molecule has 3 atom stereocenters. The molecule has 2 nitrogen and oxygen atoms in total. The normalized spacial score (nSPS) is 34.4. The van der Waals surface area contributed by atoms with E-state index in [1.54, 1.807) is 0 Å². The van der Waals surface area contributed by atoms with Gasteiger partial charge in [-0.25, -0.2) is 0 Å². The van der Waals surface area contributed by atoms with E-state index in [0.717, 1.165) is 29.8 Å². The van der Waals surface area contributed by atoms with Crippen LogP contribution < -0.4 is 5.32 Å². The molecule has 1 heterocycles. The fourth-order valence-corrected chi connectivity index (χ4v) is 3.98.